The summed E-state index contributed by atoms with van der Waals surface area (Å²) in [4.78, 5) is 46.7. The summed E-state index contributed by atoms with van der Waals surface area (Å²) in [7, 11) is 3.29. The minimum absolute atomic E-state index is 0.234. The summed E-state index contributed by atoms with van der Waals surface area (Å²) in [5.41, 5.74) is 11.4. The zero-order valence-corrected chi connectivity index (χ0v) is 35.4. The highest BCUT2D eigenvalue weighted by atomic mass is 16.5. The quantitative estimate of drug-likeness (QED) is 0.134. The van der Waals surface area contributed by atoms with Crippen LogP contribution in [-0.4, -0.2) is 59.3 Å². The van der Waals surface area contributed by atoms with Crippen molar-refractivity contribution in [1.29, 1.82) is 0 Å². The highest BCUT2D eigenvalue weighted by Crippen LogP contribution is 2.43. The number of hydrogen-bond donors (Lipinski definition) is 2. The van der Waals surface area contributed by atoms with E-state index in [9.17, 15) is 9.59 Å². The Morgan fingerprint density at radius 2 is 0.966 bits per heavy atom. The van der Waals surface area contributed by atoms with E-state index in [1.807, 2.05) is 62.4 Å². The van der Waals surface area contributed by atoms with Gasteiger partial charge in [0.2, 0.25) is 0 Å². The van der Waals surface area contributed by atoms with E-state index in [2.05, 4.69) is 63.6 Å². The molecular weight excluding hydrogens is 729 g/mol. The maximum atomic E-state index is 14.2. The van der Waals surface area contributed by atoms with Crippen molar-refractivity contribution in [2.45, 2.75) is 91.9 Å². The van der Waals surface area contributed by atoms with Gasteiger partial charge < -0.3 is 28.9 Å². The molecule has 5 aromatic rings. The molecule has 2 aromatic carbocycles. The van der Waals surface area contributed by atoms with Gasteiger partial charge in [-0.2, -0.15) is 0 Å². The van der Waals surface area contributed by atoms with E-state index in [1.165, 1.54) is 0 Å². The van der Waals surface area contributed by atoms with E-state index < -0.39 is 22.8 Å². The van der Waals surface area contributed by atoms with E-state index in [0.717, 1.165) is 78.7 Å². The number of nitrogens with one attached hydrogen (secondary N) is 2. The summed E-state index contributed by atoms with van der Waals surface area (Å²) in [6.07, 6.45) is 2.30. The minimum atomic E-state index is -0.424. The minimum Gasteiger partial charge on any atom is -0.497 e. The predicted octanol–water partition coefficient (Wildman–Crippen LogP) is 10.2. The standard InChI is InChI=1S/C48H54N4O6/c1-11-31-33-23-37-47(5,6)26-36(49-37)40(28-17-21-30(56-10)22-18-28)44-42(46(54)58-14-4)32(12-2)34(52-44)24-38-48(7,8)25-35(50-38)39(27-15-19-29(55-9)20-16-27)43(51-33)41(31)45(53)57-13-3/h15-24,51-52H,11-14,25-26H2,1-10H3. The van der Waals surface area contributed by atoms with Crippen LogP contribution in [-0.2, 0) is 46.0 Å². The summed E-state index contributed by atoms with van der Waals surface area (Å²) in [6, 6.07) is 19.9. The molecule has 10 nitrogen and oxygen atoms in total. The lowest BCUT2D eigenvalue weighted by molar-refractivity contribution is 0.0518. The molecule has 0 amide bonds. The van der Waals surface area contributed by atoms with Crippen LogP contribution >= 0.6 is 0 Å². The number of H-pyrrole nitrogens is 2. The van der Waals surface area contributed by atoms with Gasteiger partial charge in [0.25, 0.3) is 0 Å². The highest BCUT2D eigenvalue weighted by molar-refractivity contribution is 6.07. The number of aromatic nitrogens is 4. The van der Waals surface area contributed by atoms with Crippen LogP contribution in [0.15, 0.2) is 60.7 Å². The van der Waals surface area contributed by atoms with Crippen molar-refractivity contribution in [2.24, 2.45) is 0 Å². The van der Waals surface area contributed by atoms with E-state index in [0.29, 0.717) is 47.8 Å². The normalized spacial score (nSPS) is 14.2. The SMILES string of the molecule is CCOC(=O)c1c(CC)c2cc3nc(c(-c4ccc(OC)cc4)c4[nH]c(cc5nc(c(-c6ccc(OC)cc6)c1[nH]2)CC5(C)C)c(CC)c4C(=O)OCC)CC3(C)C. The number of nitrogens with zero attached hydrogens (tertiary/aromatic N) is 2. The average Bonchev–Trinajstić information content (AvgIpc) is 3.91. The number of methoxy groups -OCH3 is 2. The third kappa shape index (κ3) is 7.14. The van der Waals surface area contributed by atoms with Gasteiger partial charge in [0, 0.05) is 57.2 Å². The van der Waals surface area contributed by atoms with Gasteiger partial charge in [0.05, 0.1) is 61.0 Å². The van der Waals surface area contributed by atoms with E-state index in [4.69, 9.17) is 28.9 Å². The van der Waals surface area contributed by atoms with Gasteiger partial charge >= 0.3 is 11.9 Å². The molecule has 0 spiro atoms. The third-order valence-electron chi connectivity index (χ3n) is 11.5. The predicted molar refractivity (Wildman–Crippen MR) is 229 cm³/mol. The van der Waals surface area contributed by atoms with Crippen molar-refractivity contribution in [1.82, 2.24) is 19.9 Å². The number of esters is 2. The molecule has 0 atom stereocenters. The first kappa shape index (κ1) is 40.3. The second-order valence-corrected chi connectivity index (χ2v) is 16.2. The molecule has 0 aliphatic carbocycles. The van der Waals surface area contributed by atoms with Crippen LogP contribution in [0.2, 0.25) is 0 Å². The molecule has 58 heavy (non-hydrogen) atoms. The van der Waals surface area contributed by atoms with Gasteiger partial charge in [0.1, 0.15) is 11.5 Å². The van der Waals surface area contributed by atoms with Gasteiger partial charge in [-0.1, -0.05) is 65.8 Å². The zero-order chi connectivity index (χ0) is 41.5. The van der Waals surface area contributed by atoms with Crippen LogP contribution in [0.3, 0.4) is 0 Å². The monoisotopic (exact) mass is 782 g/mol. The Labute approximate surface area is 340 Å². The molecule has 0 radical (unpaired) electrons. The Balaban J connectivity index is 1.76. The summed E-state index contributed by atoms with van der Waals surface area (Å²) in [6.45, 7) is 16.9. The first-order valence-electron chi connectivity index (χ1n) is 20.3. The number of hydrogen-bond acceptors (Lipinski definition) is 8. The summed E-state index contributed by atoms with van der Waals surface area (Å²) in [5.74, 6) is 0.656. The Morgan fingerprint density at radius 1 is 0.603 bits per heavy atom. The van der Waals surface area contributed by atoms with Crippen molar-refractivity contribution < 1.29 is 28.5 Å². The lowest BCUT2D eigenvalue weighted by Gasteiger charge is -2.17. The number of fused-ring (bicyclic) bond motifs is 8. The molecule has 5 heterocycles. The molecular formula is C48H54N4O6. The number of ether oxygens (including phenoxy) is 4. The fraction of sp³-hybridized carbons (Fsp3) is 0.375. The fourth-order valence-corrected chi connectivity index (χ4v) is 8.46. The Hall–Kier alpha value is -5.90. The van der Waals surface area contributed by atoms with E-state index in [1.54, 1.807) is 14.2 Å². The second-order valence-electron chi connectivity index (χ2n) is 16.2. The van der Waals surface area contributed by atoms with Crippen LogP contribution in [0.25, 0.3) is 44.3 Å². The molecule has 8 bridgehead atoms. The lowest BCUT2D eigenvalue weighted by atomic mass is 9.85. The van der Waals surface area contributed by atoms with Crippen molar-refractivity contribution in [3.63, 3.8) is 0 Å². The Morgan fingerprint density at radius 3 is 1.28 bits per heavy atom. The maximum Gasteiger partial charge on any atom is 0.340 e. The first-order chi connectivity index (χ1) is 27.8. The van der Waals surface area contributed by atoms with E-state index >= 15 is 0 Å². The summed E-state index contributed by atoms with van der Waals surface area (Å²) < 4.78 is 22.7. The molecule has 7 rings (SSSR count). The third-order valence-corrected chi connectivity index (χ3v) is 11.5. The largest absolute Gasteiger partial charge is 0.497 e. The van der Waals surface area contributed by atoms with Gasteiger partial charge in [-0.25, -0.2) is 9.59 Å². The molecule has 302 valence electrons. The Kier molecular flexibility index (Phi) is 11.0. The lowest BCUT2D eigenvalue weighted by Crippen LogP contribution is -2.15. The van der Waals surface area contributed by atoms with Crippen LogP contribution in [0.1, 0.15) is 110 Å². The molecule has 0 saturated carbocycles. The van der Waals surface area contributed by atoms with Crippen molar-refractivity contribution in [2.75, 3.05) is 27.4 Å². The van der Waals surface area contributed by atoms with Crippen molar-refractivity contribution >= 4 is 34.0 Å². The Bertz CT molecular complexity index is 2380. The van der Waals surface area contributed by atoms with Crippen molar-refractivity contribution in [3.05, 3.63) is 106 Å². The van der Waals surface area contributed by atoms with E-state index in [-0.39, 0.29) is 13.2 Å². The topological polar surface area (TPSA) is 128 Å². The molecule has 3 aromatic heterocycles. The van der Waals surface area contributed by atoms with Crippen LogP contribution in [0.5, 0.6) is 11.5 Å². The van der Waals surface area contributed by atoms with Crippen LogP contribution in [0, 0.1) is 0 Å². The molecule has 2 aliphatic heterocycles. The van der Waals surface area contributed by atoms with Gasteiger partial charge in [-0.3, -0.25) is 9.97 Å². The average molecular weight is 783 g/mol. The summed E-state index contributed by atoms with van der Waals surface area (Å²) in [5, 5.41) is 0. The second kappa shape index (κ2) is 15.8. The number of benzene rings is 2. The molecule has 10 heteroatoms. The van der Waals surface area contributed by atoms with Gasteiger partial charge in [0.15, 0.2) is 0 Å². The highest BCUT2D eigenvalue weighted by Gasteiger charge is 2.35. The van der Waals surface area contributed by atoms with Crippen LogP contribution < -0.4 is 9.47 Å². The van der Waals surface area contributed by atoms with Crippen molar-refractivity contribution in [3.8, 4) is 33.8 Å². The molecule has 2 aliphatic rings. The maximum absolute atomic E-state index is 14.2. The zero-order valence-electron chi connectivity index (χ0n) is 35.4. The van der Waals surface area contributed by atoms with Gasteiger partial charge in [-0.05, 0) is 85.3 Å². The fourth-order valence-electron chi connectivity index (χ4n) is 8.46. The van der Waals surface area contributed by atoms with Crippen LogP contribution in [0.4, 0.5) is 0 Å². The first-order valence-corrected chi connectivity index (χ1v) is 20.3. The number of aromatic amines is 2. The number of aryl methyl sites for hydroxylation is 2. The number of carbonyl (C=O) groups excluding carboxylic acids is 2. The molecule has 0 saturated heterocycles. The number of rotatable bonds is 10. The number of carbonyl (C=O) groups is 2. The molecule has 0 unspecified atom stereocenters. The summed E-state index contributed by atoms with van der Waals surface area (Å²) >= 11 is 0. The molecule has 0 fully saturated rings. The molecule has 2 N–H and O–H groups in total. The van der Waals surface area contributed by atoms with Gasteiger partial charge in [-0.15, -0.1) is 0 Å². The smallest absolute Gasteiger partial charge is 0.340 e.